The van der Waals surface area contributed by atoms with E-state index in [4.69, 9.17) is 26.4 Å². The van der Waals surface area contributed by atoms with Crippen LogP contribution in [0, 0.1) is 6.92 Å². The fourth-order valence-corrected chi connectivity index (χ4v) is 3.52. The maximum absolute atomic E-state index is 12.3. The Morgan fingerprint density at radius 1 is 1.16 bits per heavy atom. The standard InChI is InChI=1S/C21H20N4O4S2/c1-13-2-5-15(6-3-13)27-10-19-23-16(11-31-19)20(26)24-25-21(30)22-9-14-4-7-17-18(8-14)29-12-28-17/h2-8,11H,9-10,12H2,1H3,(H,24,26)(H2,22,25,30). The number of hydrazine groups is 1. The average molecular weight is 457 g/mol. The molecule has 4 rings (SSSR count). The lowest BCUT2D eigenvalue weighted by Gasteiger charge is -2.11. The summed E-state index contributed by atoms with van der Waals surface area (Å²) in [7, 11) is 0. The van der Waals surface area contributed by atoms with Crippen LogP contribution in [0.2, 0.25) is 0 Å². The van der Waals surface area contributed by atoms with Gasteiger partial charge in [-0.15, -0.1) is 11.3 Å². The number of hydrogen-bond donors (Lipinski definition) is 3. The highest BCUT2D eigenvalue weighted by atomic mass is 32.1. The van der Waals surface area contributed by atoms with E-state index in [1.165, 1.54) is 11.3 Å². The Balaban J connectivity index is 1.20. The zero-order valence-electron chi connectivity index (χ0n) is 16.6. The highest BCUT2D eigenvalue weighted by Crippen LogP contribution is 2.32. The lowest BCUT2D eigenvalue weighted by atomic mass is 10.2. The number of hydrogen-bond acceptors (Lipinski definition) is 7. The molecule has 3 N–H and O–H groups in total. The molecule has 0 aliphatic carbocycles. The molecule has 0 radical (unpaired) electrons. The molecule has 0 saturated heterocycles. The Morgan fingerprint density at radius 2 is 1.97 bits per heavy atom. The van der Waals surface area contributed by atoms with Gasteiger partial charge in [0.25, 0.3) is 5.91 Å². The van der Waals surface area contributed by atoms with E-state index in [1.807, 2.05) is 49.4 Å². The highest BCUT2D eigenvalue weighted by Gasteiger charge is 2.14. The number of nitrogens with one attached hydrogen (secondary N) is 3. The van der Waals surface area contributed by atoms with Crippen LogP contribution < -0.4 is 30.4 Å². The molecule has 1 aliphatic heterocycles. The number of nitrogens with zero attached hydrogens (tertiary/aromatic N) is 1. The third kappa shape index (κ3) is 5.62. The number of benzene rings is 2. The van der Waals surface area contributed by atoms with Gasteiger partial charge in [-0.3, -0.25) is 15.6 Å². The molecule has 10 heteroatoms. The van der Waals surface area contributed by atoms with Crippen LogP contribution in [0.1, 0.15) is 26.6 Å². The number of carbonyl (C=O) groups excluding carboxylic acids is 1. The molecule has 0 atom stereocenters. The summed E-state index contributed by atoms with van der Waals surface area (Å²) in [6.45, 7) is 3.01. The molecule has 31 heavy (non-hydrogen) atoms. The number of aromatic nitrogens is 1. The third-order valence-electron chi connectivity index (χ3n) is 4.35. The molecule has 0 spiro atoms. The van der Waals surface area contributed by atoms with E-state index < -0.39 is 0 Å². The van der Waals surface area contributed by atoms with Gasteiger partial charge in [-0.1, -0.05) is 23.8 Å². The number of carbonyl (C=O) groups is 1. The molecule has 3 aromatic rings. The van der Waals surface area contributed by atoms with Gasteiger partial charge in [0.2, 0.25) is 6.79 Å². The van der Waals surface area contributed by atoms with Crippen LogP contribution in [0.5, 0.6) is 17.2 Å². The van der Waals surface area contributed by atoms with Gasteiger partial charge < -0.3 is 19.5 Å². The van der Waals surface area contributed by atoms with Gasteiger partial charge in [-0.05, 0) is 49.0 Å². The van der Waals surface area contributed by atoms with Crippen molar-refractivity contribution in [2.45, 2.75) is 20.1 Å². The van der Waals surface area contributed by atoms with Crippen LogP contribution in [0.4, 0.5) is 0 Å². The second kappa shape index (κ2) is 9.63. The summed E-state index contributed by atoms with van der Waals surface area (Å²) in [5.74, 6) is 1.80. The molecule has 1 amide bonds. The van der Waals surface area contributed by atoms with Crippen LogP contribution in [-0.4, -0.2) is 22.8 Å². The van der Waals surface area contributed by atoms with Crippen molar-refractivity contribution in [2.75, 3.05) is 6.79 Å². The van der Waals surface area contributed by atoms with Gasteiger partial charge in [-0.25, -0.2) is 4.98 Å². The molecular weight excluding hydrogens is 436 g/mol. The zero-order chi connectivity index (χ0) is 21.6. The minimum absolute atomic E-state index is 0.231. The quantitative estimate of drug-likeness (QED) is 0.385. The fourth-order valence-electron chi connectivity index (χ4n) is 2.72. The second-order valence-corrected chi connectivity index (χ2v) is 8.03. The lowest BCUT2D eigenvalue weighted by Crippen LogP contribution is -2.46. The minimum Gasteiger partial charge on any atom is -0.486 e. The molecule has 8 nitrogen and oxygen atoms in total. The topological polar surface area (TPSA) is 93.7 Å². The first-order valence-electron chi connectivity index (χ1n) is 9.43. The Morgan fingerprint density at radius 3 is 2.81 bits per heavy atom. The molecule has 1 aromatic heterocycles. The molecule has 0 bridgehead atoms. The molecule has 0 saturated carbocycles. The van der Waals surface area contributed by atoms with Crippen molar-refractivity contribution < 1.29 is 19.0 Å². The maximum atomic E-state index is 12.3. The van der Waals surface area contributed by atoms with Gasteiger partial charge in [0.1, 0.15) is 23.1 Å². The van der Waals surface area contributed by atoms with E-state index in [9.17, 15) is 4.79 Å². The normalized spacial score (nSPS) is 11.6. The first-order chi connectivity index (χ1) is 15.1. The summed E-state index contributed by atoms with van der Waals surface area (Å²) in [5, 5.41) is 5.68. The summed E-state index contributed by atoms with van der Waals surface area (Å²) < 4.78 is 16.3. The van der Waals surface area contributed by atoms with Crippen molar-refractivity contribution >= 4 is 34.6 Å². The van der Waals surface area contributed by atoms with E-state index in [-0.39, 0.29) is 17.8 Å². The van der Waals surface area contributed by atoms with Gasteiger partial charge in [0, 0.05) is 11.9 Å². The maximum Gasteiger partial charge on any atom is 0.289 e. The van der Waals surface area contributed by atoms with Crippen molar-refractivity contribution in [3.8, 4) is 17.2 Å². The number of fused-ring (bicyclic) bond motifs is 1. The van der Waals surface area contributed by atoms with Crippen molar-refractivity contribution in [1.29, 1.82) is 0 Å². The van der Waals surface area contributed by atoms with Crippen molar-refractivity contribution in [1.82, 2.24) is 21.2 Å². The minimum atomic E-state index is -0.384. The largest absolute Gasteiger partial charge is 0.486 e. The second-order valence-electron chi connectivity index (χ2n) is 6.68. The third-order valence-corrected chi connectivity index (χ3v) is 5.42. The van der Waals surface area contributed by atoms with Crippen LogP contribution in [0.3, 0.4) is 0 Å². The summed E-state index contributed by atoms with van der Waals surface area (Å²) in [6.07, 6.45) is 0. The van der Waals surface area contributed by atoms with Gasteiger partial charge >= 0.3 is 0 Å². The van der Waals surface area contributed by atoms with Gasteiger partial charge in [0.15, 0.2) is 16.6 Å². The van der Waals surface area contributed by atoms with E-state index >= 15 is 0 Å². The Bertz CT molecular complexity index is 1090. The van der Waals surface area contributed by atoms with E-state index in [2.05, 4.69) is 21.2 Å². The van der Waals surface area contributed by atoms with Crippen LogP contribution in [0.15, 0.2) is 47.8 Å². The predicted molar refractivity (Wildman–Crippen MR) is 120 cm³/mol. The number of rotatable bonds is 6. The molecule has 1 aliphatic rings. The molecule has 2 heterocycles. The van der Waals surface area contributed by atoms with Crippen LogP contribution in [0.25, 0.3) is 0 Å². The fraction of sp³-hybridized carbons (Fsp3) is 0.190. The van der Waals surface area contributed by atoms with Crippen molar-refractivity contribution in [3.05, 3.63) is 69.7 Å². The SMILES string of the molecule is Cc1ccc(OCc2nc(C(=O)NNC(=S)NCc3ccc4c(c3)OCO4)cs2)cc1. The lowest BCUT2D eigenvalue weighted by molar-refractivity contribution is 0.0939. The number of thiocarbonyl (C=S) groups is 1. The van der Waals surface area contributed by atoms with Crippen LogP contribution >= 0.6 is 23.6 Å². The van der Waals surface area contributed by atoms with Crippen LogP contribution in [-0.2, 0) is 13.2 Å². The average Bonchev–Trinajstić information content (AvgIpc) is 3.45. The predicted octanol–water partition coefficient (Wildman–Crippen LogP) is 3.07. The molecule has 160 valence electrons. The molecule has 0 fully saturated rings. The first kappa shape index (κ1) is 20.9. The monoisotopic (exact) mass is 456 g/mol. The number of amides is 1. The molecule has 2 aromatic carbocycles. The summed E-state index contributed by atoms with van der Waals surface area (Å²) in [6, 6.07) is 13.4. The van der Waals surface area contributed by atoms with Crippen molar-refractivity contribution in [2.24, 2.45) is 0 Å². The summed E-state index contributed by atoms with van der Waals surface area (Å²) in [5.41, 5.74) is 7.63. The zero-order valence-corrected chi connectivity index (χ0v) is 18.3. The summed E-state index contributed by atoms with van der Waals surface area (Å²) >= 11 is 6.56. The highest BCUT2D eigenvalue weighted by molar-refractivity contribution is 7.80. The van der Waals surface area contributed by atoms with E-state index in [0.29, 0.717) is 29.6 Å². The smallest absolute Gasteiger partial charge is 0.289 e. The summed E-state index contributed by atoms with van der Waals surface area (Å²) in [4.78, 5) is 16.6. The number of thiazole rings is 1. The molecule has 0 unspecified atom stereocenters. The number of aryl methyl sites for hydroxylation is 1. The van der Waals surface area contributed by atoms with Gasteiger partial charge in [-0.2, -0.15) is 0 Å². The number of ether oxygens (including phenoxy) is 3. The Hall–Kier alpha value is -3.37. The Kier molecular flexibility index (Phi) is 6.48. The van der Waals surface area contributed by atoms with Gasteiger partial charge in [0.05, 0.1) is 0 Å². The first-order valence-corrected chi connectivity index (χ1v) is 10.7. The molecular formula is C21H20N4O4S2. The van der Waals surface area contributed by atoms with Crippen molar-refractivity contribution in [3.63, 3.8) is 0 Å². The van der Waals surface area contributed by atoms with E-state index in [0.717, 1.165) is 22.6 Å². The Labute approximate surface area is 188 Å². The van der Waals surface area contributed by atoms with E-state index in [1.54, 1.807) is 5.38 Å².